The fourth-order valence-electron chi connectivity index (χ4n) is 1.66. The highest BCUT2D eigenvalue weighted by molar-refractivity contribution is 5.85. The van der Waals surface area contributed by atoms with E-state index in [1.54, 1.807) is 24.8 Å². The lowest BCUT2D eigenvalue weighted by molar-refractivity contribution is 0.436. The Hall–Kier alpha value is -2.63. The van der Waals surface area contributed by atoms with Gasteiger partial charge in [-0.15, -0.1) is 0 Å². The van der Waals surface area contributed by atoms with Gasteiger partial charge < -0.3 is 10.3 Å². The molecular formula is C11H9N5O. The molecule has 0 atom stereocenters. The van der Waals surface area contributed by atoms with Crippen LogP contribution in [0.15, 0.2) is 41.4 Å². The second-order valence-electron chi connectivity index (χ2n) is 3.50. The summed E-state index contributed by atoms with van der Waals surface area (Å²) in [6, 6.07) is 3.74. The Labute approximate surface area is 96.5 Å². The van der Waals surface area contributed by atoms with E-state index < -0.39 is 0 Å². The molecule has 0 saturated heterocycles. The number of pyridine rings is 1. The van der Waals surface area contributed by atoms with Crippen LogP contribution in [0.2, 0.25) is 0 Å². The van der Waals surface area contributed by atoms with Crippen molar-refractivity contribution in [2.75, 3.05) is 5.73 Å². The molecule has 3 N–H and O–H groups in total. The van der Waals surface area contributed by atoms with E-state index in [0.29, 0.717) is 11.6 Å². The number of nitrogen functional groups attached to an aromatic ring is 1. The summed E-state index contributed by atoms with van der Waals surface area (Å²) in [7, 11) is 0. The molecule has 6 heteroatoms. The summed E-state index contributed by atoms with van der Waals surface area (Å²) in [4.78, 5) is 4.06. The van der Waals surface area contributed by atoms with Gasteiger partial charge in [-0.25, -0.2) is 0 Å². The number of H-pyrrole nitrogens is 1. The molecule has 3 rings (SSSR count). The Kier molecular flexibility index (Phi) is 2.11. The van der Waals surface area contributed by atoms with Crippen molar-refractivity contribution in [3.8, 4) is 22.5 Å². The first-order valence-corrected chi connectivity index (χ1v) is 5.01. The predicted molar refractivity (Wildman–Crippen MR) is 61.7 cm³/mol. The van der Waals surface area contributed by atoms with Crippen molar-refractivity contribution < 1.29 is 4.52 Å². The van der Waals surface area contributed by atoms with Crippen LogP contribution in [0.3, 0.4) is 0 Å². The number of nitrogens with one attached hydrogen (secondary N) is 1. The number of anilines is 1. The van der Waals surface area contributed by atoms with Crippen molar-refractivity contribution >= 4 is 5.82 Å². The topological polar surface area (TPSA) is 93.6 Å². The summed E-state index contributed by atoms with van der Waals surface area (Å²) in [6.07, 6.45) is 6.79. The number of aromatic amines is 1. The molecule has 0 aromatic carbocycles. The Morgan fingerprint density at radius 3 is 2.88 bits per heavy atom. The molecule has 3 heterocycles. The van der Waals surface area contributed by atoms with E-state index in [0.717, 1.165) is 16.7 Å². The lowest BCUT2D eigenvalue weighted by atomic mass is 10.1. The Balaban J connectivity index is 2.20. The monoisotopic (exact) mass is 227 g/mol. The maximum Gasteiger partial charge on any atom is 0.180 e. The largest absolute Gasteiger partial charge is 0.380 e. The highest BCUT2D eigenvalue weighted by atomic mass is 16.5. The minimum atomic E-state index is 0.342. The Bertz CT molecular complexity index is 615. The average Bonchev–Trinajstić information content (AvgIpc) is 2.98. The van der Waals surface area contributed by atoms with E-state index in [2.05, 4.69) is 20.3 Å². The van der Waals surface area contributed by atoms with Gasteiger partial charge in [0.1, 0.15) is 0 Å². The minimum absolute atomic E-state index is 0.342. The minimum Gasteiger partial charge on any atom is -0.380 e. The molecule has 0 saturated carbocycles. The van der Waals surface area contributed by atoms with Gasteiger partial charge >= 0.3 is 0 Å². The van der Waals surface area contributed by atoms with E-state index in [1.807, 2.05) is 12.1 Å². The number of hydrogen-bond acceptors (Lipinski definition) is 5. The second kappa shape index (κ2) is 3.75. The van der Waals surface area contributed by atoms with Crippen LogP contribution >= 0.6 is 0 Å². The average molecular weight is 227 g/mol. The molecule has 17 heavy (non-hydrogen) atoms. The fraction of sp³-hybridized carbons (Fsp3) is 0. The van der Waals surface area contributed by atoms with Crippen LogP contribution in [-0.4, -0.2) is 20.3 Å². The molecule has 84 valence electrons. The second-order valence-corrected chi connectivity index (χ2v) is 3.50. The standard InChI is InChI=1S/C11H9N5O/c12-11-9(7-2-1-3-13-4-7)10(17-16-11)8-5-14-15-6-8/h1-6H,(H2,12,16)(H,14,15). The third kappa shape index (κ3) is 1.55. The van der Waals surface area contributed by atoms with E-state index >= 15 is 0 Å². The third-order valence-corrected chi connectivity index (χ3v) is 2.43. The highest BCUT2D eigenvalue weighted by Gasteiger charge is 2.18. The fourth-order valence-corrected chi connectivity index (χ4v) is 1.66. The van der Waals surface area contributed by atoms with Crippen LogP contribution in [0, 0.1) is 0 Å². The van der Waals surface area contributed by atoms with E-state index in [1.165, 1.54) is 0 Å². The molecule has 0 unspecified atom stereocenters. The summed E-state index contributed by atoms with van der Waals surface area (Å²) >= 11 is 0. The van der Waals surface area contributed by atoms with Gasteiger partial charge in [0.25, 0.3) is 0 Å². The van der Waals surface area contributed by atoms with Crippen molar-refractivity contribution in [3.63, 3.8) is 0 Å². The number of aromatic nitrogens is 4. The number of hydrogen-bond donors (Lipinski definition) is 2. The van der Waals surface area contributed by atoms with Gasteiger partial charge in [-0.1, -0.05) is 11.2 Å². The first kappa shape index (κ1) is 9.59. The first-order valence-electron chi connectivity index (χ1n) is 5.01. The molecule has 0 aliphatic carbocycles. The molecule has 0 bridgehead atoms. The summed E-state index contributed by atoms with van der Waals surface area (Å²) in [6.45, 7) is 0. The van der Waals surface area contributed by atoms with E-state index in [9.17, 15) is 0 Å². The molecule has 0 aliphatic heterocycles. The SMILES string of the molecule is Nc1noc(-c2cn[nH]c2)c1-c1cccnc1. The zero-order valence-corrected chi connectivity index (χ0v) is 8.79. The quantitative estimate of drug-likeness (QED) is 0.695. The van der Waals surface area contributed by atoms with Gasteiger partial charge in [-0.3, -0.25) is 10.1 Å². The van der Waals surface area contributed by atoms with Crippen molar-refractivity contribution in [1.29, 1.82) is 0 Å². The zero-order chi connectivity index (χ0) is 11.7. The van der Waals surface area contributed by atoms with Crippen molar-refractivity contribution in [1.82, 2.24) is 20.3 Å². The van der Waals surface area contributed by atoms with Crippen LogP contribution in [0.1, 0.15) is 0 Å². The molecule has 0 radical (unpaired) electrons. The smallest absolute Gasteiger partial charge is 0.180 e. The Morgan fingerprint density at radius 1 is 1.24 bits per heavy atom. The molecule has 0 aliphatic rings. The molecule has 0 amide bonds. The van der Waals surface area contributed by atoms with Crippen LogP contribution < -0.4 is 5.73 Å². The van der Waals surface area contributed by atoms with Crippen LogP contribution in [0.4, 0.5) is 5.82 Å². The van der Waals surface area contributed by atoms with Gasteiger partial charge in [0.05, 0.1) is 17.3 Å². The molecule has 6 nitrogen and oxygen atoms in total. The van der Waals surface area contributed by atoms with Crippen LogP contribution in [-0.2, 0) is 0 Å². The van der Waals surface area contributed by atoms with Gasteiger partial charge in [0.15, 0.2) is 11.6 Å². The first-order chi connectivity index (χ1) is 8.36. The molecular weight excluding hydrogens is 218 g/mol. The van der Waals surface area contributed by atoms with Crippen molar-refractivity contribution in [2.45, 2.75) is 0 Å². The van der Waals surface area contributed by atoms with E-state index in [-0.39, 0.29) is 0 Å². The number of nitrogens with zero attached hydrogens (tertiary/aromatic N) is 3. The van der Waals surface area contributed by atoms with Gasteiger partial charge in [0, 0.05) is 24.2 Å². The Morgan fingerprint density at radius 2 is 2.18 bits per heavy atom. The maximum absolute atomic E-state index is 5.82. The van der Waals surface area contributed by atoms with Gasteiger partial charge in [-0.05, 0) is 6.07 Å². The summed E-state index contributed by atoms with van der Waals surface area (Å²) in [5.74, 6) is 0.929. The van der Waals surface area contributed by atoms with Crippen molar-refractivity contribution in [3.05, 3.63) is 36.9 Å². The van der Waals surface area contributed by atoms with E-state index in [4.69, 9.17) is 10.3 Å². The summed E-state index contributed by atoms with van der Waals surface area (Å²) < 4.78 is 5.23. The van der Waals surface area contributed by atoms with Crippen LogP contribution in [0.5, 0.6) is 0 Å². The van der Waals surface area contributed by atoms with Gasteiger partial charge in [-0.2, -0.15) is 5.10 Å². The molecule has 3 aromatic heterocycles. The molecule has 0 spiro atoms. The van der Waals surface area contributed by atoms with Gasteiger partial charge in [0.2, 0.25) is 0 Å². The predicted octanol–water partition coefficient (Wildman–Crippen LogP) is 1.71. The lowest BCUT2D eigenvalue weighted by Gasteiger charge is -1.99. The normalized spacial score (nSPS) is 10.6. The van der Waals surface area contributed by atoms with Crippen molar-refractivity contribution in [2.24, 2.45) is 0 Å². The highest BCUT2D eigenvalue weighted by Crippen LogP contribution is 2.35. The third-order valence-electron chi connectivity index (χ3n) is 2.43. The summed E-state index contributed by atoms with van der Waals surface area (Å²) in [5.41, 5.74) is 8.21. The molecule has 0 fully saturated rings. The lowest BCUT2D eigenvalue weighted by Crippen LogP contribution is -1.88. The molecule has 3 aromatic rings. The zero-order valence-electron chi connectivity index (χ0n) is 8.79. The maximum atomic E-state index is 5.82. The number of nitrogens with two attached hydrogens (primary N) is 1. The number of rotatable bonds is 2. The van der Waals surface area contributed by atoms with Crippen LogP contribution in [0.25, 0.3) is 22.5 Å². The summed E-state index contributed by atoms with van der Waals surface area (Å²) in [5, 5.41) is 10.4.